The average Bonchev–Trinajstić information content (AvgIpc) is 2.49. The minimum atomic E-state index is -0.469. The van der Waals surface area contributed by atoms with Gasteiger partial charge >= 0.3 is 6.03 Å². The van der Waals surface area contributed by atoms with Gasteiger partial charge < -0.3 is 15.4 Å². The van der Waals surface area contributed by atoms with E-state index >= 15 is 0 Å². The normalized spacial score (nSPS) is 10.4. The van der Waals surface area contributed by atoms with E-state index in [-0.39, 0.29) is 11.6 Å². The summed E-state index contributed by atoms with van der Waals surface area (Å²) < 4.78 is 4.91. The fourth-order valence-electron chi connectivity index (χ4n) is 2.06. The highest BCUT2D eigenvalue weighted by atomic mass is 16.5. The number of amides is 2. The van der Waals surface area contributed by atoms with Crippen molar-refractivity contribution in [2.75, 3.05) is 17.7 Å². The Balaban J connectivity index is 2.13. The molecule has 0 aliphatic heterocycles. The zero-order valence-corrected chi connectivity index (χ0v) is 12.8. The molecule has 2 rings (SSSR count). The summed E-state index contributed by atoms with van der Waals surface area (Å²) in [4.78, 5) is 26.3. The van der Waals surface area contributed by atoms with Crippen molar-refractivity contribution in [1.82, 2.24) is 4.98 Å². The monoisotopic (exact) mass is 301 g/mol. The molecule has 0 fully saturated rings. The quantitative estimate of drug-likeness (QED) is 0.811. The number of para-hydroxylation sites is 1. The van der Waals surface area contributed by atoms with E-state index in [1.54, 1.807) is 6.07 Å². The van der Waals surface area contributed by atoms with Gasteiger partial charge in [0, 0.05) is 11.8 Å². The lowest BCUT2D eigenvalue weighted by atomic mass is 10.0. The summed E-state index contributed by atoms with van der Waals surface area (Å²) in [5.74, 6) is 0.613. The number of H-pyrrole nitrogens is 1. The lowest BCUT2D eigenvalue weighted by molar-refractivity contribution is 0.262. The number of pyridine rings is 1. The van der Waals surface area contributed by atoms with Crippen molar-refractivity contribution < 1.29 is 9.53 Å². The predicted octanol–water partition coefficient (Wildman–Crippen LogP) is 3.15. The van der Waals surface area contributed by atoms with E-state index in [4.69, 9.17) is 4.74 Å². The third-order valence-corrected chi connectivity index (χ3v) is 3.18. The lowest BCUT2D eigenvalue weighted by Crippen LogP contribution is -2.24. The number of carbonyl (C=O) groups is 1. The molecule has 0 bridgehead atoms. The van der Waals surface area contributed by atoms with Crippen molar-refractivity contribution in [1.29, 1.82) is 0 Å². The van der Waals surface area contributed by atoms with Gasteiger partial charge in [-0.2, -0.15) is 0 Å². The van der Waals surface area contributed by atoms with Crippen LogP contribution >= 0.6 is 0 Å². The van der Waals surface area contributed by atoms with Gasteiger partial charge in [0.1, 0.15) is 5.69 Å². The van der Waals surface area contributed by atoms with Crippen LogP contribution in [0.2, 0.25) is 0 Å². The van der Waals surface area contributed by atoms with Crippen LogP contribution in [-0.4, -0.2) is 18.1 Å². The van der Waals surface area contributed by atoms with Crippen LogP contribution in [0.25, 0.3) is 0 Å². The van der Waals surface area contributed by atoms with Gasteiger partial charge in [0.05, 0.1) is 7.11 Å². The molecule has 1 aromatic carbocycles. The number of aromatic nitrogens is 1. The third-order valence-electron chi connectivity index (χ3n) is 3.18. The smallest absolute Gasteiger partial charge is 0.323 e. The summed E-state index contributed by atoms with van der Waals surface area (Å²) >= 11 is 0. The van der Waals surface area contributed by atoms with Crippen LogP contribution in [0.4, 0.5) is 16.2 Å². The van der Waals surface area contributed by atoms with Crippen LogP contribution in [0, 0.1) is 0 Å². The van der Waals surface area contributed by atoms with E-state index < -0.39 is 11.6 Å². The maximum absolute atomic E-state index is 12.1. The minimum absolute atomic E-state index is 0.153. The van der Waals surface area contributed by atoms with Crippen LogP contribution in [-0.2, 0) is 0 Å². The Morgan fingerprint density at radius 3 is 2.41 bits per heavy atom. The first-order chi connectivity index (χ1) is 10.5. The van der Waals surface area contributed by atoms with Gasteiger partial charge in [-0.25, -0.2) is 4.79 Å². The number of ether oxygens (including phenoxy) is 1. The van der Waals surface area contributed by atoms with Gasteiger partial charge in [-0.3, -0.25) is 9.78 Å². The molecular weight excluding hydrogens is 282 g/mol. The summed E-state index contributed by atoms with van der Waals surface area (Å²) in [6.45, 7) is 4.10. The van der Waals surface area contributed by atoms with Gasteiger partial charge in [-0.15, -0.1) is 0 Å². The second-order valence-corrected chi connectivity index (χ2v) is 5.09. The Labute approximate surface area is 128 Å². The predicted molar refractivity (Wildman–Crippen MR) is 86.8 cm³/mol. The highest BCUT2D eigenvalue weighted by Crippen LogP contribution is 2.23. The number of rotatable bonds is 4. The maximum Gasteiger partial charge on any atom is 0.323 e. The first-order valence-corrected chi connectivity index (χ1v) is 6.95. The number of hydrogen-bond acceptors (Lipinski definition) is 3. The molecule has 3 N–H and O–H groups in total. The molecule has 0 saturated heterocycles. The fourth-order valence-corrected chi connectivity index (χ4v) is 2.06. The van der Waals surface area contributed by atoms with E-state index in [0.717, 1.165) is 11.3 Å². The Kier molecular flexibility index (Phi) is 4.83. The first kappa shape index (κ1) is 15.6. The van der Waals surface area contributed by atoms with Crippen molar-refractivity contribution in [3.05, 3.63) is 52.3 Å². The topological polar surface area (TPSA) is 83.2 Å². The zero-order valence-electron chi connectivity index (χ0n) is 12.8. The molecule has 0 spiro atoms. The molecule has 2 aromatic rings. The van der Waals surface area contributed by atoms with Gasteiger partial charge in [0.25, 0.3) is 5.56 Å². The van der Waals surface area contributed by atoms with E-state index in [9.17, 15) is 9.59 Å². The number of benzene rings is 1. The lowest BCUT2D eigenvalue weighted by Gasteiger charge is -2.14. The number of urea groups is 1. The molecule has 6 heteroatoms. The second kappa shape index (κ2) is 6.80. The molecule has 116 valence electrons. The molecule has 0 radical (unpaired) electrons. The summed E-state index contributed by atoms with van der Waals surface area (Å²) in [5, 5.41) is 5.29. The average molecular weight is 301 g/mol. The summed E-state index contributed by atoms with van der Waals surface area (Å²) in [6.07, 6.45) is 0. The van der Waals surface area contributed by atoms with Crippen LogP contribution < -0.4 is 20.9 Å². The molecule has 0 saturated carbocycles. The molecular formula is C16H19N3O3. The Hall–Kier alpha value is -2.76. The van der Waals surface area contributed by atoms with E-state index in [1.165, 1.54) is 13.2 Å². The van der Waals surface area contributed by atoms with Gasteiger partial charge in [-0.1, -0.05) is 32.0 Å². The fraction of sp³-hybridized carbons (Fsp3) is 0.250. The molecule has 1 aromatic heterocycles. The van der Waals surface area contributed by atoms with Crippen LogP contribution in [0.3, 0.4) is 0 Å². The van der Waals surface area contributed by atoms with E-state index in [2.05, 4.69) is 15.6 Å². The number of aromatic amines is 1. The number of nitrogens with one attached hydrogen (secondary N) is 3. The Morgan fingerprint density at radius 1 is 1.09 bits per heavy atom. The Bertz CT molecular complexity index is 723. The largest absolute Gasteiger partial charge is 0.482 e. The summed E-state index contributed by atoms with van der Waals surface area (Å²) in [5.41, 5.74) is 1.48. The highest BCUT2D eigenvalue weighted by molar-refractivity contribution is 6.00. The van der Waals surface area contributed by atoms with Gasteiger partial charge in [-0.05, 0) is 23.6 Å². The van der Waals surface area contributed by atoms with Gasteiger partial charge in [0.15, 0.2) is 5.88 Å². The molecule has 0 aliphatic carbocycles. The molecule has 22 heavy (non-hydrogen) atoms. The number of methoxy groups -OCH3 is 1. The third kappa shape index (κ3) is 3.66. The molecule has 0 aliphatic rings. The van der Waals surface area contributed by atoms with Crippen LogP contribution in [0.15, 0.2) is 41.2 Å². The molecule has 1 heterocycles. The van der Waals surface area contributed by atoms with Crippen molar-refractivity contribution >= 4 is 17.4 Å². The maximum atomic E-state index is 12.1. The molecule has 0 unspecified atom stereocenters. The van der Waals surface area contributed by atoms with E-state index in [0.29, 0.717) is 5.88 Å². The minimum Gasteiger partial charge on any atom is -0.482 e. The zero-order chi connectivity index (χ0) is 16.1. The summed E-state index contributed by atoms with van der Waals surface area (Å²) in [6, 6.07) is 10.1. The summed E-state index contributed by atoms with van der Waals surface area (Å²) in [7, 11) is 1.45. The standard InChI is InChI=1S/C16H19N3O3/c1-10(2)11-6-4-5-7-12(11)17-16(21)18-13-8-9-14(22-3)19-15(13)20/h4-10H,1-3H3,(H,19,20)(H2,17,18,21). The first-order valence-electron chi connectivity index (χ1n) is 6.95. The SMILES string of the molecule is COc1ccc(NC(=O)Nc2ccccc2C(C)C)c(=O)[nH]1. The van der Waals surface area contributed by atoms with Gasteiger partial charge in [0.2, 0.25) is 0 Å². The number of hydrogen-bond donors (Lipinski definition) is 3. The Morgan fingerprint density at radius 2 is 1.77 bits per heavy atom. The molecule has 0 atom stereocenters. The second-order valence-electron chi connectivity index (χ2n) is 5.09. The number of anilines is 2. The van der Waals surface area contributed by atoms with Crippen LogP contribution in [0.5, 0.6) is 5.88 Å². The highest BCUT2D eigenvalue weighted by Gasteiger charge is 2.10. The van der Waals surface area contributed by atoms with Crippen molar-refractivity contribution in [2.24, 2.45) is 0 Å². The van der Waals surface area contributed by atoms with Crippen LogP contribution in [0.1, 0.15) is 25.3 Å². The molecule has 2 amide bonds. The molecule has 6 nitrogen and oxygen atoms in total. The number of carbonyl (C=O) groups excluding carboxylic acids is 1. The van der Waals surface area contributed by atoms with Crippen molar-refractivity contribution in [3.63, 3.8) is 0 Å². The van der Waals surface area contributed by atoms with Crippen molar-refractivity contribution in [3.8, 4) is 5.88 Å². The van der Waals surface area contributed by atoms with Crippen molar-refractivity contribution in [2.45, 2.75) is 19.8 Å². The van der Waals surface area contributed by atoms with E-state index in [1.807, 2.05) is 38.1 Å².